The van der Waals surface area contributed by atoms with Crippen molar-refractivity contribution >= 4 is 17.6 Å². The van der Waals surface area contributed by atoms with E-state index < -0.39 is 5.97 Å². The minimum atomic E-state index is -1.01. The minimum Gasteiger partial charge on any atom is -0.481 e. The molecule has 3 aromatic rings. The molecule has 0 saturated heterocycles. The predicted molar refractivity (Wildman–Crippen MR) is 94.3 cm³/mol. The van der Waals surface area contributed by atoms with Crippen LogP contribution in [0.3, 0.4) is 0 Å². The number of aliphatic carboxylic acids is 1. The standard InChI is InChI=1S/C19H16ClNO4/c1-11-3-4-12(2)16(9-11)24-19-15(10-17(22)23)21-18(25-19)13-5-7-14(20)8-6-13/h3-9H,10H2,1-2H3,(H,22,23). The van der Waals surface area contributed by atoms with Crippen LogP contribution in [0.4, 0.5) is 0 Å². The van der Waals surface area contributed by atoms with Gasteiger partial charge in [0.2, 0.25) is 5.89 Å². The number of carbonyl (C=O) groups is 1. The van der Waals surface area contributed by atoms with Gasteiger partial charge in [-0.15, -0.1) is 0 Å². The summed E-state index contributed by atoms with van der Waals surface area (Å²) >= 11 is 5.89. The number of hydrogen-bond donors (Lipinski definition) is 1. The van der Waals surface area contributed by atoms with Gasteiger partial charge in [-0.2, -0.15) is 0 Å². The molecule has 1 heterocycles. The molecule has 0 fully saturated rings. The van der Waals surface area contributed by atoms with Crippen LogP contribution in [-0.2, 0) is 11.2 Å². The van der Waals surface area contributed by atoms with E-state index in [2.05, 4.69) is 4.98 Å². The van der Waals surface area contributed by atoms with Crippen LogP contribution < -0.4 is 4.74 Å². The van der Waals surface area contributed by atoms with Crippen LogP contribution in [0, 0.1) is 13.8 Å². The van der Waals surface area contributed by atoms with Gasteiger partial charge in [0.05, 0.1) is 6.42 Å². The monoisotopic (exact) mass is 357 g/mol. The largest absolute Gasteiger partial charge is 0.481 e. The van der Waals surface area contributed by atoms with Crippen LogP contribution in [0.2, 0.25) is 5.02 Å². The molecule has 0 aliphatic rings. The summed E-state index contributed by atoms with van der Waals surface area (Å²) in [5.74, 6) is -0.0403. The number of nitrogens with zero attached hydrogens (tertiary/aromatic N) is 1. The summed E-state index contributed by atoms with van der Waals surface area (Å²) in [5.41, 5.74) is 2.86. The van der Waals surface area contributed by atoms with Crippen molar-refractivity contribution in [1.82, 2.24) is 4.98 Å². The average molecular weight is 358 g/mol. The number of halogens is 1. The van der Waals surface area contributed by atoms with Crippen LogP contribution in [-0.4, -0.2) is 16.1 Å². The highest BCUT2D eigenvalue weighted by Gasteiger charge is 2.20. The lowest BCUT2D eigenvalue weighted by atomic mass is 10.1. The number of ether oxygens (including phenoxy) is 1. The number of hydrogen-bond acceptors (Lipinski definition) is 4. The Morgan fingerprint density at radius 2 is 1.92 bits per heavy atom. The van der Waals surface area contributed by atoms with Gasteiger partial charge in [-0.05, 0) is 55.3 Å². The van der Waals surface area contributed by atoms with Gasteiger partial charge in [-0.1, -0.05) is 23.7 Å². The van der Waals surface area contributed by atoms with Gasteiger partial charge in [0.15, 0.2) is 0 Å². The molecule has 3 rings (SSSR count). The highest BCUT2D eigenvalue weighted by atomic mass is 35.5. The zero-order valence-corrected chi connectivity index (χ0v) is 14.5. The number of carboxylic acids is 1. The third kappa shape index (κ3) is 4.00. The molecule has 0 spiro atoms. The number of benzene rings is 2. The quantitative estimate of drug-likeness (QED) is 0.693. The Labute approximate surface area is 149 Å². The summed E-state index contributed by atoms with van der Waals surface area (Å²) in [6.07, 6.45) is -0.294. The fraction of sp³-hybridized carbons (Fsp3) is 0.158. The molecule has 0 bridgehead atoms. The maximum atomic E-state index is 11.1. The minimum absolute atomic E-state index is 0.0843. The number of oxazole rings is 1. The van der Waals surface area contributed by atoms with E-state index >= 15 is 0 Å². The predicted octanol–water partition coefficient (Wildman–Crippen LogP) is 5.03. The fourth-order valence-electron chi connectivity index (χ4n) is 2.31. The second-order valence-corrected chi connectivity index (χ2v) is 6.14. The Balaban J connectivity index is 2.00. The molecule has 2 aromatic carbocycles. The van der Waals surface area contributed by atoms with Crippen LogP contribution in [0.5, 0.6) is 11.7 Å². The van der Waals surface area contributed by atoms with Crippen molar-refractivity contribution in [3.8, 4) is 23.1 Å². The van der Waals surface area contributed by atoms with Gasteiger partial charge in [-0.25, -0.2) is 4.98 Å². The van der Waals surface area contributed by atoms with E-state index in [1.165, 1.54) is 0 Å². The van der Waals surface area contributed by atoms with Crippen LogP contribution >= 0.6 is 11.6 Å². The first-order valence-electron chi connectivity index (χ1n) is 7.65. The van der Waals surface area contributed by atoms with Crippen molar-refractivity contribution in [3.63, 3.8) is 0 Å². The number of carboxylic acid groups (broad SMARTS) is 1. The van der Waals surface area contributed by atoms with Crippen molar-refractivity contribution in [2.45, 2.75) is 20.3 Å². The highest BCUT2D eigenvalue weighted by Crippen LogP contribution is 2.33. The summed E-state index contributed by atoms with van der Waals surface area (Å²) < 4.78 is 11.5. The van der Waals surface area contributed by atoms with Gasteiger partial charge in [0.25, 0.3) is 0 Å². The number of rotatable bonds is 5. The second kappa shape index (κ2) is 6.99. The van der Waals surface area contributed by atoms with Crippen LogP contribution in [0.15, 0.2) is 46.9 Å². The molecule has 1 N–H and O–H groups in total. The fourth-order valence-corrected chi connectivity index (χ4v) is 2.43. The maximum Gasteiger partial charge on any atom is 0.315 e. The van der Waals surface area contributed by atoms with Crippen molar-refractivity contribution in [2.75, 3.05) is 0 Å². The molecule has 128 valence electrons. The SMILES string of the molecule is Cc1ccc(C)c(Oc2oc(-c3ccc(Cl)cc3)nc2CC(=O)O)c1. The lowest BCUT2D eigenvalue weighted by Crippen LogP contribution is -2.02. The average Bonchev–Trinajstić information content (AvgIpc) is 2.93. The smallest absolute Gasteiger partial charge is 0.315 e. The van der Waals surface area contributed by atoms with E-state index in [4.69, 9.17) is 25.9 Å². The third-order valence-electron chi connectivity index (χ3n) is 3.62. The Hall–Kier alpha value is -2.79. The summed E-state index contributed by atoms with van der Waals surface area (Å²) in [7, 11) is 0. The van der Waals surface area contributed by atoms with Crippen molar-refractivity contribution < 1.29 is 19.1 Å². The first-order valence-corrected chi connectivity index (χ1v) is 8.02. The number of aryl methyl sites for hydroxylation is 2. The summed E-state index contributed by atoms with van der Waals surface area (Å²) in [6, 6.07) is 12.7. The molecule has 0 saturated carbocycles. The summed E-state index contributed by atoms with van der Waals surface area (Å²) in [6.45, 7) is 3.85. The molecule has 25 heavy (non-hydrogen) atoms. The number of aromatic nitrogens is 1. The maximum absolute atomic E-state index is 11.1. The lowest BCUT2D eigenvalue weighted by Gasteiger charge is -2.07. The van der Waals surface area contributed by atoms with E-state index in [0.717, 1.165) is 11.1 Å². The first-order chi connectivity index (χ1) is 11.9. The van der Waals surface area contributed by atoms with Crippen molar-refractivity contribution in [2.24, 2.45) is 0 Å². The third-order valence-corrected chi connectivity index (χ3v) is 3.87. The summed E-state index contributed by atoms with van der Waals surface area (Å²) in [5, 5.41) is 9.71. The molecule has 0 atom stereocenters. The van der Waals surface area contributed by atoms with E-state index in [0.29, 0.717) is 16.3 Å². The van der Waals surface area contributed by atoms with Gasteiger partial charge in [0, 0.05) is 10.6 Å². The Kier molecular flexibility index (Phi) is 4.76. The molecule has 0 amide bonds. The molecule has 1 aromatic heterocycles. The molecule has 6 heteroatoms. The first kappa shape index (κ1) is 17.0. The van der Waals surface area contributed by atoms with E-state index in [1.807, 2.05) is 32.0 Å². The topological polar surface area (TPSA) is 72.6 Å². The van der Waals surface area contributed by atoms with Gasteiger partial charge in [0.1, 0.15) is 11.4 Å². The molecular formula is C19H16ClNO4. The zero-order valence-electron chi connectivity index (χ0n) is 13.7. The normalized spacial score (nSPS) is 10.7. The van der Waals surface area contributed by atoms with Crippen molar-refractivity contribution in [1.29, 1.82) is 0 Å². The lowest BCUT2D eigenvalue weighted by molar-refractivity contribution is -0.136. The highest BCUT2D eigenvalue weighted by molar-refractivity contribution is 6.30. The van der Waals surface area contributed by atoms with E-state index in [1.54, 1.807) is 24.3 Å². The molecule has 0 unspecified atom stereocenters. The van der Waals surface area contributed by atoms with Gasteiger partial charge in [-0.3, -0.25) is 4.79 Å². The van der Waals surface area contributed by atoms with Gasteiger partial charge >= 0.3 is 11.9 Å². The van der Waals surface area contributed by atoms with Gasteiger partial charge < -0.3 is 14.3 Å². The molecule has 0 aliphatic heterocycles. The molecule has 0 aliphatic carbocycles. The molecule has 5 nitrogen and oxygen atoms in total. The Morgan fingerprint density at radius 1 is 1.20 bits per heavy atom. The van der Waals surface area contributed by atoms with E-state index in [-0.39, 0.29) is 24.0 Å². The molecule has 0 radical (unpaired) electrons. The Morgan fingerprint density at radius 3 is 2.60 bits per heavy atom. The van der Waals surface area contributed by atoms with E-state index in [9.17, 15) is 4.79 Å². The second-order valence-electron chi connectivity index (χ2n) is 5.70. The molecular weight excluding hydrogens is 342 g/mol. The summed E-state index contributed by atoms with van der Waals surface area (Å²) in [4.78, 5) is 15.4. The van der Waals surface area contributed by atoms with Crippen molar-refractivity contribution in [3.05, 3.63) is 64.3 Å². The van der Waals surface area contributed by atoms with Crippen LogP contribution in [0.1, 0.15) is 16.8 Å². The van der Waals surface area contributed by atoms with Crippen LogP contribution in [0.25, 0.3) is 11.5 Å². The zero-order chi connectivity index (χ0) is 18.0. The Bertz CT molecular complexity index is 916.